The Bertz CT molecular complexity index is 674. The molecule has 0 fully saturated rings. The molecule has 0 aliphatic heterocycles. The average Bonchev–Trinajstić information content (AvgIpc) is 2.46. The standard InChI is InChI=1S/C16H17NO4.ClH/c17-14(16(20)21)9-13(15(18)19)8-10-5-6-11-3-1-2-4-12(11)7-10;/h1-7,13-14H,8-9,17H2,(H,18,19)(H,20,21);1H/t13-,14+;/m0./s1. The summed E-state index contributed by atoms with van der Waals surface area (Å²) in [5.41, 5.74) is 4.38. The van der Waals surface area contributed by atoms with Gasteiger partial charge in [0.15, 0.2) is 6.04 Å². The summed E-state index contributed by atoms with van der Waals surface area (Å²) in [6.07, 6.45) is 0.330. The highest BCUT2D eigenvalue weighted by Gasteiger charge is 2.27. The Hall–Kier alpha value is -2.11. The Kier molecular flexibility index (Phi) is 6.34. The van der Waals surface area contributed by atoms with E-state index in [-0.39, 0.29) is 18.8 Å². The molecule has 2 aromatic carbocycles. The van der Waals surface area contributed by atoms with Crippen LogP contribution in [0, 0.1) is 5.92 Å². The van der Waals surface area contributed by atoms with E-state index in [1.807, 2.05) is 42.5 Å². The lowest BCUT2D eigenvalue weighted by molar-refractivity contribution is -0.410. The summed E-state index contributed by atoms with van der Waals surface area (Å²) in [6, 6.07) is 12.7. The molecule has 0 saturated carbocycles. The summed E-state index contributed by atoms with van der Waals surface area (Å²) in [4.78, 5) is 22.1. The van der Waals surface area contributed by atoms with Crippen LogP contribution in [-0.2, 0) is 16.0 Å². The molecule has 0 bridgehead atoms. The van der Waals surface area contributed by atoms with Crippen LogP contribution in [0.15, 0.2) is 42.5 Å². The predicted molar refractivity (Wildman–Crippen MR) is 77.7 cm³/mol. The summed E-state index contributed by atoms with van der Waals surface area (Å²) >= 11 is 0. The van der Waals surface area contributed by atoms with Gasteiger partial charge in [-0.05, 0) is 22.8 Å². The second-order valence-electron chi connectivity index (χ2n) is 5.19. The van der Waals surface area contributed by atoms with Crippen molar-refractivity contribution in [1.82, 2.24) is 0 Å². The van der Waals surface area contributed by atoms with Crippen molar-refractivity contribution in [3.8, 4) is 0 Å². The van der Waals surface area contributed by atoms with Crippen molar-refractivity contribution in [2.24, 2.45) is 5.92 Å². The molecule has 0 spiro atoms. The van der Waals surface area contributed by atoms with Crippen LogP contribution in [0.2, 0.25) is 0 Å². The van der Waals surface area contributed by atoms with Gasteiger partial charge in [0, 0.05) is 6.42 Å². The Balaban J connectivity index is 0.00000242. The number of fused-ring (bicyclic) bond motifs is 1. The summed E-state index contributed by atoms with van der Waals surface area (Å²) < 4.78 is 0. The van der Waals surface area contributed by atoms with E-state index in [0.717, 1.165) is 16.3 Å². The van der Waals surface area contributed by atoms with Crippen LogP contribution in [0.1, 0.15) is 12.0 Å². The third-order valence-corrected chi connectivity index (χ3v) is 3.56. The van der Waals surface area contributed by atoms with Gasteiger partial charge in [0.25, 0.3) is 0 Å². The van der Waals surface area contributed by atoms with Crippen molar-refractivity contribution in [1.29, 1.82) is 0 Å². The highest BCUT2D eigenvalue weighted by Crippen LogP contribution is 2.20. The molecule has 2 atom stereocenters. The maximum absolute atomic E-state index is 11.3. The van der Waals surface area contributed by atoms with Crippen LogP contribution in [0.4, 0.5) is 0 Å². The number of hydrogen-bond acceptors (Lipinski definition) is 2. The third-order valence-electron chi connectivity index (χ3n) is 3.56. The molecule has 2 rings (SSSR count). The number of carbonyl (C=O) groups is 2. The molecule has 0 aliphatic rings. The molecule has 0 heterocycles. The maximum Gasteiger partial charge on any atom is 0.362 e. The number of hydrogen-bond donors (Lipinski definition) is 3. The Morgan fingerprint density at radius 1 is 1.00 bits per heavy atom. The minimum Gasteiger partial charge on any atom is -1.00 e. The lowest BCUT2D eigenvalue weighted by Crippen LogP contribution is -3.00. The van der Waals surface area contributed by atoms with Crippen molar-refractivity contribution in [2.45, 2.75) is 18.9 Å². The smallest absolute Gasteiger partial charge is 0.362 e. The van der Waals surface area contributed by atoms with E-state index in [9.17, 15) is 14.7 Å². The summed E-state index contributed by atoms with van der Waals surface area (Å²) in [7, 11) is 0. The second kappa shape index (κ2) is 7.77. The van der Waals surface area contributed by atoms with Crippen molar-refractivity contribution < 1.29 is 37.9 Å². The van der Waals surface area contributed by atoms with Crippen LogP contribution >= 0.6 is 0 Å². The van der Waals surface area contributed by atoms with E-state index in [2.05, 4.69) is 5.73 Å². The second-order valence-corrected chi connectivity index (χ2v) is 5.19. The van der Waals surface area contributed by atoms with E-state index >= 15 is 0 Å². The number of aliphatic carboxylic acids is 2. The minimum atomic E-state index is -1.07. The first kappa shape index (κ1) is 17.9. The number of rotatable bonds is 6. The lowest BCUT2D eigenvalue weighted by Gasteiger charge is -2.13. The fourth-order valence-corrected chi connectivity index (χ4v) is 2.37. The molecule has 0 aliphatic carbocycles. The fourth-order valence-electron chi connectivity index (χ4n) is 2.37. The van der Waals surface area contributed by atoms with Gasteiger partial charge in [-0.25, -0.2) is 4.79 Å². The SMILES string of the molecule is [Cl-].[NH3+][C@H](C[C@H](Cc1ccc2ccccc2c1)C(=O)O)C(=O)O. The van der Waals surface area contributed by atoms with Crippen LogP contribution < -0.4 is 18.1 Å². The normalized spacial score (nSPS) is 13.1. The quantitative estimate of drug-likeness (QED) is 0.582. The van der Waals surface area contributed by atoms with Crippen molar-refractivity contribution in [2.75, 3.05) is 0 Å². The number of quaternary nitrogens is 1. The zero-order chi connectivity index (χ0) is 15.4. The van der Waals surface area contributed by atoms with Gasteiger partial charge in [-0.3, -0.25) is 4.79 Å². The fraction of sp³-hybridized carbons (Fsp3) is 0.250. The van der Waals surface area contributed by atoms with Gasteiger partial charge in [-0.2, -0.15) is 0 Å². The molecule has 0 saturated heterocycles. The van der Waals surface area contributed by atoms with Gasteiger partial charge in [-0.1, -0.05) is 42.5 Å². The Morgan fingerprint density at radius 3 is 2.23 bits per heavy atom. The number of carboxylic acids is 2. The first-order chi connectivity index (χ1) is 9.97. The number of halogens is 1. The molecule has 0 unspecified atom stereocenters. The van der Waals surface area contributed by atoms with Gasteiger partial charge < -0.3 is 28.4 Å². The zero-order valence-corrected chi connectivity index (χ0v) is 12.7. The van der Waals surface area contributed by atoms with Crippen LogP contribution in [0.5, 0.6) is 0 Å². The molecule has 0 radical (unpaired) electrons. The van der Waals surface area contributed by atoms with E-state index in [4.69, 9.17) is 5.11 Å². The van der Waals surface area contributed by atoms with Gasteiger partial charge in [0.2, 0.25) is 0 Å². The molecular weight excluding hydrogens is 306 g/mol. The van der Waals surface area contributed by atoms with Crippen LogP contribution in [0.3, 0.4) is 0 Å². The average molecular weight is 324 g/mol. The van der Waals surface area contributed by atoms with Crippen molar-refractivity contribution in [3.63, 3.8) is 0 Å². The molecule has 5 nitrogen and oxygen atoms in total. The molecule has 118 valence electrons. The Labute approximate surface area is 134 Å². The van der Waals surface area contributed by atoms with Gasteiger partial charge in [0.05, 0.1) is 5.92 Å². The summed E-state index contributed by atoms with van der Waals surface area (Å²) in [5, 5.41) is 20.3. The first-order valence-electron chi connectivity index (χ1n) is 6.73. The molecule has 0 amide bonds. The van der Waals surface area contributed by atoms with E-state index < -0.39 is 23.9 Å². The predicted octanol–water partition coefficient (Wildman–Crippen LogP) is -1.83. The van der Waals surface area contributed by atoms with Crippen molar-refractivity contribution in [3.05, 3.63) is 48.0 Å². The van der Waals surface area contributed by atoms with E-state index in [0.29, 0.717) is 6.42 Å². The van der Waals surface area contributed by atoms with E-state index in [1.54, 1.807) is 0 Å². The number of benzene rings is 2. The highest BCUT2D eigenvalue weighted by atomic mass is 35.5. The first-order valence-corrected chi connectivity index (χ1v) is 6.73. The molecule has 0 aromatic heterocycles. The largest absolute Gasteiger partial charge is 1.00 e. The summed E-state index contributed by atoms with van der Waals surface area (Å²) in [5.74, 6) is -2.80. The van der Waals surface area contributed by atoms with Gasteiger partial charge in [0.1, 0.15) is 0 Å². The topological polar surface area (TPSA) is 102 Å². The monoisotopic (exact) mass is 323 g/mol. The van der Waals surface area contributed by atoms with E-state index in [1.165, 1.54) is 0 Å². The summed E-state index contributed by atoms with van der Waals surface area (Å²) in [6.45, 7) is 0. The molecule has 5 N–H and O–H groups in total. The van der Waals surface area contributed by atoms with Crippen LogP contribution in [0.25, 0.3) is 10.8 Å². The maximum atomic E-state index is 11.3. The highest BCUT2D eigenvalue weighted by molar-refractivity contribution is 5.83. The van der Waals surface area contributed by atoms with Crippen LogP contribution in [-0.4, -0.2) is 28.2 Å². The minimum absolute atomic E-state index is 0. The molecule has 2 aromatic rings. The third kappa shape index (κ3) is 4.44. The van der Waals surface area contributed by atoms with Crippen molar-refractivity contribution >= 4 is 22.7 Å². The Morgan fingerprint density at radius 2 is 1.64 bits per heavy atom. The van der Waals surface area contributed by atoms with Gasteiger partial charge >= 0.3 is 11.9 Å². The zero-order valence-electron chi connectivity index (χ0n) is 11.9. The molecular formula is C16H18ClNO4. The lowest BCUT2D eigenvalue weighted by atomic mass is 9.92. The molecule has 22 heavy (non-hydrogen) atoms. The number of carboxylic acid groups (broad SMARTS) is 2. The van der Waals surface area contributed by atoms with Gasteiger partial charge in [-0.15, -0.1) is 0 Å². The molecule has 6 heteroatoms.